The lowest BCUT2D eigenvalue weighted by molar-refractivity contribution is 0.664. The molecule has 556 valence electrons. The summed E-state index contributed by atoms with van der Waals surface area (Å²) >= 11 is 3.83. The van der Waals surface area contributed by atoms with Crippen molar-refractivity contribution in [1.82, 2.24) is 18.1 Å². The second-order valence-electron chi connectivity index (χ2n) is 34.5. The van der Waals surface area contributed by atoms with E-state index in [4.69, 9.17) is 4.42 Å². The molecule has 10 heteroatoms. The highest BCUT2D eigenvalue weighted by Crippen LogP contribution is 2.50. The predicted molar refractivity (Wildman–Crippen MR) is 517 cm³/mol. The fourth-order valence-electron chi connectivity index (χ4n) is 22.0. The fraction of sp³-hybridized carbons (Fsp3) is 0.0556. The van der Waals surface area contributed by atoms with Crippen LogP contribution in [0.3, 0.4) is 0 Å². The predicted octanol–water partition coefficient (Wildman–Crippen LogP) is 26.5. The zero-order chi connectivity index (χ0) is 78.1. The van der Waals surface area contributed by atoms with Gasteiger partial charge in [0.25, 0.3) is 0 Å². The van der Waals surface area contributed by atoms with E-state index in [9.17, 15) is 0 Å². The number of benzene rings is 17. The van der Waals surface area contributed by atoms with Gasteiger partial charge in [-0.25, -0.2) is 0 Å². The van der Waals surface area contributed by atoms with E-state index in [1.165, 1.54) is 210 Å². The lowest BCUT2D eigenvalue weighted by Crippen LogP contribution is -2.49. The van der Waals surface area contributed by atoms with Crippen LogP contribution < -0.4 is 31.1 Å². The zero-order valence-electron chi connectivity index (χ0n) is 65.8. The third-order valence-corrected chi connectivity index (χ3v) is 40.3. The standard InChI is InChI=1S/C38H27NOSi.C38H25NS2Si.C32H22N2Si/c1-41(2)33-13-7-12-32-37(33)38-34(41)23-22-30-36(38)35-29(10-6-11-31(35)40-32)39(30)28-20-18-27(19-21-28)26-16-14-25(15-17-26)24-8-4-3-5-9-24;1-42(2)33-12-6-11-31-37(33)38-34(42)20-19-28-36(38)35-27(8-5-10-30(35)41-31)39(28)24-16-13-22(14-17-24)23-15-18-26-25-7-3-4-9-29(25)40-32(26)21-23;1-35(2)26-14-8-13-23-28(26)31-27(35)18-17-24-29(31)30-25(33(24)19-9-4-3-5-10-19)16-15-21-20-11-6-7-12-22(20)34(23)32(21)30/h3-23H,1-2H3;3-21H,1-2H3;3-18H,1-2H3. The summed E-state index contributed by atoms with van der Waals surface area (Å²) in [5.41, 5.74) is 24.6. The number of thiophene rings is 1. The second-order valence-corrected chi connectivity index (χ2v) is 49.6. The molecular formula is C108H74N4OS2Si3. The van der Waals surface area contributed by atoms with Crippen LogP contribution in [0, 0.1) is 0 Å². The highest BCUT2D eigenvalue weighted by molar-refractivity contribution is 7.26. The minimum Gasteiger partial charge on any atom is -0.456 e. The Morgan fingerprint density at radius 1 is 0.212 bits per heavy atom. The van der Waals surface area contributed by atoms with E-state index in [0.29, 0.717) is 0 Å². The molecule has 0 saturated heterocycles. The monoisotopic (exact) mass is 1590 g/mol. The Morgan fingerprint density at radius 3 is 1.24 bits per heavy atom. The number of para-hydroxylation sites is 2. The Hall–Kier alpha value is -13.2. The first-order valence-corrected chi connectivity index (χ1v) is 51.8. The lowest BCUT2D eigenvalue weighted by atomic mass is 10.0. The minimum absolute atomic E-state index is 0.942. The third kappa shape index (κ3) is 8.92. The van der Waals surface area contributed by atoms with E-state index < -0.39 is 24.2 Å². The summed E-state index contributed by atoms with van der Waals surface area (Å²) in [5, 5.41) is 31.6. The van der Waals surface area contributed by atoms with Crippen molar-refractivity contribution in [1.29, 1.82) is 0 Å². The molecule has 0 radical (unpaired) electrons. The van der Waals surface area contributed by atoms with Crippen LogP contribution >= 0.6 is 22.7 Å². The van der Waals surface area contributed by atoms with Crippen molar-refractivity contribution >= 4 is 244 Å². The van der Waals surface area contributed by atoms with E-state index in [-0.39, 0.29) is 0 Å². The van der Waals surface area contributed by atoms with Gasteiger partial charge in [-0.15, -0.1) is 22.7 Å². The first kappa shape index (κ1) is 67.0. The largest absolute Gasteiger partial charge is 0.456 e. The smallest absolute Gasteiger partial charge is 0.137 e. The highest BCUT2D eigenvalue weighted by Gasteiger charge is 2.42. The van der Waals surface area contributed by atoms with Crippen LogP contribution in [0.15, 0.2) is 344 Å². The van der Waals surface area contributed by atoms with Gasteiger partial charge in [-0.2, -0.15) is 0 Å². The number of aromatic nitrogens is 4. The van der Waals surface area contributed by atoms with Gasteiger partial charge >= 0.3 is 0 Å². The lowest BCUT2D eigenvalue weighted by Gasteiger charge is -2.19. The first-order valence-electron chi connectivity index (χ1n) is 41.2. The van der Waals surface area contributed by atoms with Crippen molar-refractivity contribution in [3.8, 4) is 50.4 Å². The molecule has 0 atom stereocenters. The normalized spacial score (nSPS) is 14.2. The molecule has 28 rings (SSSR count). The van der Waals surface area contributed by atoms with Gasteiger partial charge in [-0.05, 0) is 207 Å². The summed E-state index contributed by atoms with van der Waals surface area (Å²) in [5.74, 6) is 0. The summed E-state index contributed by atoms with van der Waals surface area (Å²) in [6.07, 6.45) is 0. The van der Waals surface area contributed by atoms with Gasteiger partial charge in [-0.3, -0.25) is 0 Å². The summed E-state index contributed by atoms with van der Waals surface area (Å²) in [6.45, 7) is 15.0. The number of rotatable bonds is 6. The van der Waals surface area contributed by atoms with Gasteiger partial charge in [-0.1, -0.05) is 258 Å². The molecule has 25 aromatic rings. The van der Waals surface area contributed by atoms with Crippen LogP contribution in [0.25, 0.3) is 216 Å². The topological polar surface area (TPSA) is 32.3 Å². The van der Waals surface area contributed by atoms with Gasteiger partial charge in [0.15, 0.2) is 0 Å². The second kappa shape index (κ2) is 24.0. The summed E-state index contributed by atoms with van der Waals surface area (Å²) in [7, 11) is -5.39. The molecule has 0 fully saturated rings. The molecular weight excluding hydrogens is 1520 g/mol. The zero-order valence-corrected chi connectivity index (χ0v) is 70.5. The molecule has 3 aliphatic rings. The summed E-state index contributed by atoms with van der Waals surface area (Å²) in [4.78, 5) is 0. The van der Waals surface area contributed by atoms with E-state index >= 15 is 0 Å². The molecule has 0 spiro atoms. The summed E-state index contributed by atoms with van der Waals surface area (Å²) < 4.78 is 22.1. The first-order chi connectivity index (χ1) is 57.8. The van der Waals surface area contributed by atoms with Gasteiger partial charge in [0.1, 0.15) is 35.4 Å². The fourth-order valence-corrected chi connectivity index (χ4v) is 33.6. The van der Waals surface area contributed by atoms with Crippen molar-refractivity contribution in [2.45, 2.75) is 39.3 Å². The molecule has 0 unspecified atom stereocenters. The Labute approximate surface area is 690 Å². The van der Waals surface area contributed by atoms with Crippen LogP contribution in [-0.4, -0.2) is 42.3 Å². The number of hydrogen-bond donors (Lipinski definition) is 0. The third-order valence-electron chi connectivity index (χ3n) is 27.4. The van der Waals surface area contributed by atoms with Gasteiger partial charge < -0.3 is 22.5 Å². The van der Waals surface area contributed by atoms with Crippen LogP contribution in [-0.2, 0) is 0 Å². The van der Waals surface area contributed by atoms with Crippen LogP contribution in [0.2, 0.25) is 39.3 Å². The number of fused-ring (bicyclic) bond motifs is 7. The summed E-state index contributed by atoms with van der Waals surface area (Å²) in [6, 6.07) is 126. The van der Waals surface area contributed by atoms with E-state index in [2.05, 4.69) is 397 Å². The molecule has 5 nitrogen and oxygen atoms in total. The van der Waals surface area contributed by atoms with Crippen molar-refractivity contribution in [3.63, 3.8) is 0 Å². The van der Waals surface area contributed by atoms with Crippen molar-refractivity contribution in [3.05, 3.63) is 340 Å². The van der Waals surface area contributed by atoms with Gasteiger partial charge in [0.2, 0.25) is 0 Å². The van der Waals surface area contributed by atoms with E-state index in [1.807, 2.05) is 22.7 Å². The SMILES string of the molecule is C[Si]1(C)c2ccc3c4c2c2c1cccc2n1c2ccccc2c2ccc(c4c21)n3-c1ccccc1.C[Si]1(C)c2cccc3oc4cccc5c4c4c(c1ccc4n5-c1ccc(-c4ccc(-c5ccccc5)cc4)cc1)c23.C[Si]1(C)c2cccc3sc4cccc5c4c4c(c1ccc4n5-c1ccc(-c4ccc5c(c4)sc4ccccc45)cc1)c23. The van der Waals surface area contributed by atoms with Gasteiger partial charge in [0.05, 0.1) is 55.0 Å². The molecule has 0 N–H and O–H groups in total. The molecule has 3 aliphatic heterocycles. The number of nitrogens with zero attached hydrogens (tertiary/aromatic N) is 4. The van der Waals surface area contributed by atoms with Crippen LogP contribution in [0.4, 0.5) is 0 Å². The van der Waals surface area contributed by atoms with E-state index in [0.717, 1.165) is 16.9 Å². The molecule has 17 aromatic carbocycles. The average molecular weight is 1590 g/mol. The maximum atomic E-state index is 6.70. The van der Waals surface area contributed by atoms with E-state index in [1.54, 1.807) is 20.7 Å². The van der Waals surface area contributed by atoms with Crippen LogP contribution in [0.1, 0.15) is 0 Å². The van der Waals surface area contributed by atoms with Crippen molar-refractivity contribution in [2.75, 3.05) is 0 Å². The Morgan fingerprint density at radius 2 is 0.585 bits per heavy atom. The van der Waals surface area contributed by atoms with Crippen LogP contribution in [0.5, 0.6) is 0 Å². The molecule has 0 aliphatic carbocycles. The van der Waals surface area contributed by atoms with Gasteiger partial charge in [0, 0.05) is 95.1 Å². The molecule has 0 bridgehead atoms. The average Bonchev–Trinajstić information content (AvgIpc) is 1.50. The maximum absolute atomic E-state index is 6.70. The molecule has 8 aromatic heterocycles. The maximum Gasteiger partial charge on any atom is 0.137 e. The van der Waals surface area contributed by atoms with Crippen molar-refractivity contribution in [2.24, 2.45) is 0 Å². The molecule has 0 saturated carbocycles. The van der Waals surface area contributed by atoms with Crippen molar-refractivity contribution < 1.29 is 4.42 Å². The Balaban J connectivity index is 0.0000000967. The Bertz CT molecular complexity index is 8690. The molecule has 11 heterocycles. The quantitative estimate of drug-likeness (QED) is 0.153. The molecule has 0 amide bonds. The number of hydrogen-bond acceptors (Lipinski definition) is 3. The minimum atomic E-state index is -1.82. The Kier molecular flexibility index (Phi) is 13.6. The molecule has 118 heavy (non-hydrogen) atoms. The highest BCUT2D eigenvalue weighted by atomic mass is 32.1.